The SMILES string of the molecule is [C-]#[N+]c1ccc(N2C(=S)N(c3ccc(O)cc3)C3(CCC3)/C2=N\C(=S)Nc2ccc(C#N)c(C(F)(F)F)c2)cc1C(F)(F)F. The molecule has 0 amide bonds. The maximum absolute atomic E-state index is 13.9. The van der Waals surface area contributed by atoms with Gasteiger partial charge in [-0.25, -0.2) is 9.84 Å². The molecule has 1 aliphatic heterocycles. The summed E-state index contributed by atoms with van der Waals surface area (Å²) in [7, 11) is 0. The van der Waals surface area contributed by atoms with E-state index in [1.807, 2.05) is 0 Å². The fraction of sp³-hybridized carbons (Fsp3) is 0.207. The standard InChI is InChI=1S/C29H18F6N6OS2/c1-37-23-10-7-19(14-22(23)29(33,34)35)40-24(27(11-2-12-27)41(26(40)44)18-5-8-20(42)9-6-18)39-25(43)38-17-4-3-16(15-36)21(13-17)28(30,31)32/h3-10,13-14,42H,2,11-12H2,(H,38,43)/b39-24+. The zero-order valence-electron chi connectivity index (χ0n) is 22.2. The average molecular weight is 645 g/mol. The Morgan fingerprint density at radius 2 is 1.61 bits per heavy atom. The molecule has 3 aromatic carbocycles. The molecular formula is C29H18F6N6OS2. The van der Waals surface area contributed by atoms with Crippen molar-refractivity contribution in [1.82, 2.24) is 0 Å². The van der Waals surface area contributed by atoms with Crippen LogP contribution in [0.5, 0.6) is 5.75 Å². The number of hydrogen-bond donors (Lipinski definition) is 2. The summed E-state index contributed by atoms with van der Waals surface area (Å²) in [5.41, 5.74) is -4.21. The Morgan fingerprint density at radius 1 is 0.977 bits per heavy atom. The molecule has 224 valence electrons. The first kappa shape index (κ1) is 30.7. The van der Waals surface area contributed by atoms with Crippen LogP contribution in [0.15, 0.2) is 65.7 Å². The molecule has 44 heavy (non-hydrogen) atoms. The van der Waals surface area contributed by atoms with Gasteiger partial charge < -0.3 is 15.3 Å². The summed E-state index contributed by atoms with van der Waals surface area (Å²) in [6.45, 7) is 7.19. The molecule has 7 nitrogen and oxygen atoms in total. The van der Waals surface area contributed by atoms with Gasteiger partial charge in [-0.1, -0.05) is 6.07 Å². The number of halogens is 6. The number of thiocarbonyl (C=S) groups is 2. The molecule has 1 saturated heterocycles. The first-order valence-electron chi connectivity index (χ1n) is 12.7. The van der Waals surface area contributed by atoms with Crippen LogP contribution in [0.4, 0.5) is 49.1 Å². The highest BCUT2D eigenvalue weighted by molar-refractivity contribution is 7.81. The van der Waals surface area contributed by atoms with Gasteiger partial charge in [0.1, 0.15) is 17.1 Å². The van der Waals surface area contributed by atoms with Crippen molar-refractivity contribution < 1.29 is 31.4 Å². The van der Waals surface area contributed by atoms with Gasteiger partial charge >= 0.3 is 12.4 Å². The second kappa shape index (κ2) is 11.1. The first-order chi connectivity index (χ1) is 20.7. The van der Waals surface area contributed by atoms with Crippen molar-refractivity contribution >= 4 is 63.2 Å². The number of hydrogen-bond acceptors (Lipinski definition) is 4. The summed E-state index contributed by atoms with van der Waals surface area (Å²) in [6, 6.07) is 13.5. The van der Waals surface area contributed by atoms with Crippen molar-refractivity contribution in [2.75, 3.05) is 15.1 Å². The Kier molecular flexibility index (Phi) is 7.73. The van der Waals surface area contributed by atoms with Gasteiger partial charge in [-0.2, -0.15) is 31.6 Å². The zero-order valence-corrected chi connectivity index (χ0v) is 23.8. The molecule has 1 aliphatic carbocycles. The van der Waals surface area contributed by atoms with Gasteiger partial charge in [0.15, 0.2) is 15.9 Å². The van der Waals surface area contributed by atoms with Gasteiger partial charge in [-0.15, -0.1) is 0 Å². The minimum atomic E-state index is -4.86. The van der Waals surface area contributed by atoms with Gasteiger partial charge in [-0.3, -0.25) is 4.90 Å². The van der Waals surface area contributed by atoms with E-state index in [1.165, 1.54) is 35.2 Å². The van der Waals surface area contributed by atoms with Gasteiger partial charge in [0.25, 0.3) is 0 Å². The highest BCUT2D eigenvalue weighted by atomic mass is 32.1. The number of anilines is 3. The number of nitriles is 1. The fourth-order valence-corrected chi connectivity index (χ4v) is 5.85. The number of benzene rings is 3. The predicted molar refractivity (Wildman–Crippen MR) is 160 cm³/mol. The molecule has 0 atom stereocenters. The predicted octanol–water partition coefficient (Wildman–Crippen LogP) is 8.18. The van der Waals surface area contributed by atoms with E-state index in [2.05, 4.69) is 15.2 Å². The molecule has 0 unspecified atom stereocenters. The molecule has 0 aromatic heterocycles. The summed E-state index contributed by atoms with van der Waals surface area (Å²) in [6.07, 6.45) is -8.08. The number of alkyl halides is 6. The monoisotopic (exact) mass is 644 g/mol. The van der Waals surface area contributed by atoms with Crippen LogP contribution >= 0.6 is 24.4 Å². The fourth-order valence-electron chi connectivity index (χ4n) is 5.18. The molecular weight excluding hydrogens is 626 g/mol. The van der Waals surface area contributed by atoms with E-state index >= 15 is 0 Å². The smallest absolute Gasteiger partial charge is 0.417 e. The second-order valence-electron chi connectivity index (χ2n) is 9.90. The molecule has 2 aliphatic rings. The molecule has 2 N–H and O–H groups in total. The number of nitrogens with one attached hydrogen (secondary N) is 1. The van der Waals surface area contributed by atoms with Gasteiger partial charge in [0.05, 0.1) is 29.3 Å². The number of nitrogens with zero attached hydrogens (tertiary/aromatic N) is 5. The maximum Gasteiger partial charge on any atom is 0.417 e. The van der Waals surface area contributed by atoms with Crippen molar-refractivity contribution in [3.8, 4) is 11.8 Å². The van der Waals surface area contributed by atoms with Crippen LogP contribution < -0.4 is 15.1 Å². The van der Waals surface area contributed by atoms with Crippen LogP contribution in [0, 0.1) is 17.9 Å². The summed E-state index contributed by atoms with van der Waals surface area (Å²) < 4.78 is 82.4. The minimum absolute atomic E-state index is 0.0251. The second-order valence-corrected chi connectivity index (χ2v) is 10.7. The number of aliphatic imine (C=N–C) groups is 1. The van der Waals surface area contributed by atoms with Crippen molar-refractivity contribution in [3.63, 3.8) is 0 Å². The Morgan fingerprint density at radius 3 is 2.16 bits per heavy atom. The van der Waals surface area contributed by atoms with Crippen molar-refractivity contribution in [3.05, 3.63) is 88.8 Å². The lowest BCUT2D eigenvalue weighted by molar-refractivity contribution is -0.138. The van der Waals surface area contributed by atoms with E-state index in [4.69, 9.17) is 36.3 Å². The maximum atomic E-state index is 13.9. The lowest BCUT2D eigenvalue weighted by Crippen LogP contribution is -2.55. The third kappa shape index (κ3) is 5.40. The Balaban J connectivity index is 1.64. The van der Waals surface area contributed by atoms with Crippen LogP contribution in [0.25, 0.3) is 4.85 Å². The average Bonchev–Trinajstić information content (AvgIpc) is 3.20. The minimum Gasteiger partial charge on any atom is -0.508 e. The molecule has 0 bridgehead atoms. The molecule has 5 rings (SSSR count). The van der Waals surface area contributed by atoms with Crippen LogP contribution in [0.1, 0.15) is 36.0 Å². The Bertz CT molecular complexity index is 1790. The molecule has 2 fully saturated rings. The number of phenols is 1. The van der Waals surface area contributed by atoms with E-state index in [9.17, 15) is 31.4 Å². The van der Waals surface area contributed by atoms with Crippen molar-refractivity contribution in [2.45, 2.75) is 37.2 Å². The van der Waals surface area contributed by atoms with Gasteiger partial charge in [-0.05, 0) is 98.3 Å². The molecule has 1 heterocycles. The highest BCUT2D eigenvalue weighted by Crippen LogP contribution is 2.49. The molecule has 1 saturated carbocycles. The van der Waals surface area contributed by atoms with Crippen LogP contribution in [0.2, 0.25) is 0 Å². The summed E-state index contributed by atoms with van der Waals surface area (Å²) >= 11 is 11.2. The Labute approximate surface area is 257 Å². The highest BCUT2D eigenvalue weighted by Gasteiger charge is 2.58. The number of phenolic OH excluding ortho intramolecular Hbond substituents is 1. The quantitative estimate of drug-likeness (QED) is 0.169. The third-order valence-corrected chi connectivity index (χ3v) is 7.85. The lowest BCUT2D eigenvalue weighted by atomic mass is 9.74. The van der Waals surface area contributed by atoms with Gasteiger partial charge in [0, 0.05) is 17.1 Å². The van der Waals surface area contributed by atoms with Gasteiger partial charge in [0.2, 0.25) is 0 Å². The molecule has 3 aromatic rings. The van der Waals surface area contributed by atoms with Crippen LogP contribution in [0.3, 0.4) is 0 Å². The molecule has 0 radical (unpaired) electrons. The van der Waals surface area contributed by atoms with Crippen molar-refractivity contribution in [1.29, 1.82) is 5.26 Å². The van der Waals surface area contributed by atoms with E-state index in [0.717, 1.165) is 18.2 Å². The number of amidine groups is 1. The van der Waals surface area contributed by atoms with E-state index in [1.54, 1.807) is 17.0 Å². The zero-order chi connectivity index (χ0) is 32.0. The normalized spacial score (nSPS) is 16.9. The molecule has 1 spiro atoms. The molecule has 15 heteroatoms. The van der Waals surface area contributed by atoms with E-state index < -0.39 is 40.3 Å². The van der Waals surface area contributed by atoms with E-state index in [-0.39, 0.29) is 33.2 Å². The van der Waals surface area contributed by atoms with Crippen LogP contribution in [-0.2, 0) is 12.4 Å². The summed E-state index contributed by atoms with van der Waals surface area (Å²) in [5.74, 6) is 0.107. The topological polar surface area (TPSA) is 79.2 Å². The van der Waals surface area contributed by atoms with Crippen LogP contribution in [-0.4, -0.2) is 26.7 Å². The number of aromatic hydroxyl groups is 1. The Hall–Kier alpha value is -4.73. The number of rotatable bonds is 3. The summed E-state index contributed by atoms with van der Waals surface area (Å²) in [5, 5.41) is 21.3. The largest absolute Gasteiger partial charge is 0.508 e. The first-order valence-corrected chi connectivity index (χ1v) is 13.5. The lowest BCUT2D eigenvalue weighted by Gasteiger charge is -2.44. The van der Waals surface area contributed by atoms with E-state index in [0.29, 0.717) is 31.0 Å². The summed E-state index contributed by atoms with van der Waals surface area (Å²) in [4.78, 5) is 10.5. The third-order valence-electron chi connectivity index (χ3n) is 7.30. The van der Waals surface area contributed by atoms with Crippen molar-refractivity contribution in [2.24, 2.45) is 4.99 Å².